The average Bonchev–Trinajstić information content (AvgIpc) is 2.50. The summed E-state index contributed by atoms with van der Waals surface area (Å²) in [6, 6.07) is 0.629. The van der Waals surface area contributed by atoms with Gasteiger partial charge in [0.05, 0.1) is 0 Å². The minimum atomic E-state index is 0.418. The average molecular weight is 313 g/mol. The van der Waals surface area contributed by atoms with Crippen molar-refractivity contribution in [3.63, 3.8) is 0 Å². The molecule has 0 aromatic heterocycles. The van der Waals surface area contributed by atoms with Gasteiger partial charge in [0.2, 0.25) is 0 Å². The number of nitrogens with one attached hydrogen (secondary N) is 2. The predicted octanol–water partition coefficient (Wildman–Crippen LogP) is 2.09. The standard InChI is InChI=1S/C17H36N4O/c1-6-15(2)21(4)12-11-19-16(18-3)20-14-17(8-7-9-17)10-13-22-5/h15H,6-14H2,1-5H3,(H2,18,19,20). The van der Waals surface area contributed by atoms with Crippen LogP contribution in [0.4, 0.5) is 0 Å². The zero-order valence-corrected chi connectivity index (χ0v) is 15.2. The van der Waals surface area contributed by atoms with Gasteiger partial charge in [-0.05, 0) is 45.1 Å². The molecule has 1 fully saturated rings. The van der Waals surface area contributed by atoms with E-state index in [2.05, 4.69) is 41.4 Å². The fourth-order valence-corrected chi connectivity index (χ4v) is 2.89. The van der Waals surface area contributed by atoms with E-state index in [1.807, 2.05) is 7.05 Å². The largest absolute Gasteiger partial charge is 0.385 e. The molecule has 1 saturated carbocycles. The van der Waals surface area contributed by atoms with Crippen LogP contribution in [0.1, 0.15) is 46.0 Å². The smallest absolute Gasteiger partial charge is 0.191 e. The summed E-state index contributed by atoms with van der Waals surface area (Å²) in [6.45, 7) is 8.30. The van der Waals surface area contributed by atoms with Gasteiger partial charge in [0, 0.05) is 46.4 Å². The Labute approximate surface area is 136 Å². The van der Waals surface area contributed by atoms with E-state index < -0.39 is 0 Å². The topological polar surface area (TPSA) is 48.9 Å². The second kappa shape index (κ2) is 10.1. The van der Waals surface area contributed by atoms with Gasteiger partial charge in [-0.1, -0.05) is 13.3 Å². The summed E-state index contributed by atoms with van der Waals surface area (Å²) in [6.07, 6.45) is 6.28. The van der Waals surface area contributed by atoms with Crippen LogP contribution >= 0.6 is 0 Å². The van der Waals surface area contributed by atoms with Gasteiger partial charge in [0.1, 0.15) is 0 Å². The highest BCUT2D eigenvalue weighted by Crippen LogP contribution is 2.43. The summed E-state index contributed by atoms with van der Waals surface area (Å²) in [5, 5.41) is 6.92. The molecule has 1 rings (SSSR count). The van der Waals surface area contributed by atoms with E-state index in [4.69, 9.17) is 4.74 Å². The molecular weight excluding hydrogens is 276 g/mol. The minimum absolute atomic E-state index is 0.418. The Kier molecular flexibility index (Phi) is 8.79. The van der Waals surface area contributed by atoms with E-state index in [-0.39, 0.29) is 0 Å². The van der Waals surface area contributed by atoms with Gasteiger partial charge in [0.25, 0.3) is 0 Å². The van der Waals surface area contributed by atoms with Gasteiger partial charge in [-0.25, -0.2) is 0 Å². The number of methoxy groups -OCH3 is 1. The Morgan fingerprint density at radius 3 is 2.59 bits per heavy atom. The van der Waals surface area contributed by atoms with Crippen molar-refractivity contribution in [3.8, 4) is 0 Å². The summed E-state index contributed by atoms with van der Waals surface area (Å²) < 4.78 is 5.25. The van der Waals surface area contributed by atoms with Crippen molar-refractivity contribution in [3.05, 3.63) is 0 Å². The van der Waals surface area contributed by atoms with Crippen molar-refractivity contribution in [2.75, 3.05) is 47.4 Å². The number of ether oxygens (including phenoxy) is 1. The third-order valence-electron chi connectivity index (χ3n) is 5.21. The van der Waals surface area contributed by atoms with E-state index in [0.29, 0.717) is 11.5 Å². The molecule has 0 saturated heterocycles. The molecule has 5 heteroatoms. The number of aliphatic imine (C=N–C) groups is 1. The second-order valence-electron chi connectivity index (χ2n) is 6.69. The van der Waals surface area contributed by atoms with Crippen molar-refractivity contribution in [1.82, 2.24) is 15.5 Å². The highest BCUT2D eigenvalue weighted by atomic mass is 16.5. The molecule has 0 radical (unpaired) electrons. The van der Waals surface area contributed by atoms with Crippen LogP contribution in [0.25, 0.3) is 0 Å². The Balaban J connectivity index is 2.27. The predicted molar refractivity (Wildman–Crippen MR) is 94.5 cm³/mol. The molecule has 1 aliphatic rings. The maximum atomic E-state index is 5.25. The molecule has 0 aromatic rings. The Morgan fingerprint density at radius 1 is 1.36 bits per heavy atom. The maximum Gasteiger partial charge on any atom is 0.191 e. The highest BCUT2D eigenvalue weighted by molar-refractivity contribution is 5.79. The molecule has 0 heterocycles. The van der Waals surface area contributed by atoms with Gasteiger partial charge in [-0.2, -0.15) is 0 Å². The number of nitrogens with zero attached hydrogens (tertiary/aromatic N) is 2. The van der Waals surface area contributed by atoms with Crippen LogP contribution in [0.5, 0.6) is 0 Å². The molecule has 5 nitrogen and oxygen atoms in total. The third-order valence-corrected chi connectivity index (χ3v) is 5.21. The van der Waals surface area contributed by atoms with Crippen LogP contribution in [0, 0.1) is 5.41 Å². The number of rotatable bonds is 10. The molecule has 1 aliphatic carbocycles. The third kappa shape index (κ3) is 6.13. The molecule has 1 unspecified atom stereocenters. The van der Waals surface area contributed by atoms with Crippen LogP contribution in [0.3, 0.4) is 0 Å². The van der Waals surface area contributed by atoms with Crippen LogP contribution in [0.2, 0.25) is 0 Å². The number of hydrogen-bond donors (Lipinski definition) is 2. The van der Waals surface area contributed by atoms with Crippen molar-refractivity contribution in [2.45, 2.75) is 52.0 Å². The lowest BCUT2D eigenvalue weighted by Crippen LogP contribution is -2.48. The molecule has 1 atom stereocenters. The molecule has 0 amide bonds. The molecule has 130 valence electrons. The molecule has 22 heavy (non-hydrogen) atoms. The Morgan fingerprint density at radius 2 is 2.09 bits per heavy atom. The lowest BCUT2D eigenvalue weighted by Gasteiger charge is -2.42. The first-order valence-corrected chi connectivity index (χ1v) is 8.70. The van der Waals surface area contributed by atoms with E-state index >= 15 is 0 Å². The number of guanidine groups is 1. The SMILES string of the molecule is CCC(C)N(C)CCNC(=NC)NCC1(CCOC)CCC1. The van der Waals surface area contributed by atoms with Crippen LogP contribution < -0.4 is 10.6 Å². The highest BCUT2D eigenvalue weighted by Gasteiger charge is 2.36. The first-order valence-electron chi connectivity index (χ1n) is 8.70. The minimum Gasteiger partial charge on any atom is -0.385 e. The number of likely N-dealkylation sites (N-methyl/N-ethyl adjacent to an activating group) is 1. The fourth-order valence-electron chi connectivity index (χ4n) is 2.89. The summed E-state index contributed by atoms with van der Waals surface area (Å²) >= 11 is 0. The van der Waals surface area contributed by atoms with Crippen molar-refractivity contribution in [2.24, 2.45) is 10.4 Å². The fraction of sp³-hybridized carbons (Fsp3) is 0.941. The Bertz CT molecular complexity index is 329. The summed E-state index contributed by atoms with van der Waals surface area (Å²) in [5.74, 6) is 0.918. The van der Waals surface area contributed by atoms with Gasteiger partial charge >= 0.3 is 0 Å². The van der Waals surface area contributed by atoms with Crippen LogP contribution in [-0.4, -0.2) is 64.3 Å². The first-order chi connectivity index (χ1) is 10.6. The van der Waals surface area contributed by atoms with Crippen LogP contribution in [0.15, 0.2) is 4.99 Å². The maximum absolute atomic E-state index is 5.25. The van der Waals surface area contributed by atoms with Crippen molar-refractivity contribution >= 4 is 5.96 Å². The van der Waals surface area contributed by atoms with Gasteiger partial charge in [-0.3, -0.25) is 4.99 Å². The normalized spacial score (nSPS) is 18.9. The van der Waals surface area contributed by atoms with Crippen molar-refractivity contribution < 1.29 is 4.74 Å². The van der Waals surface area contributed by atoms with Crippen molar-refractivity contribution in [1.29, 1.82) is 0 Å². The van der Waals surface area contributed by atoms with E-state index in [9.17, 15) is 0 Å². The van der Waals surface area contributed by atoms with E-state index in [1.165, 1.54) is 25.7 Å². The molecule has 0 aliphatic heterocycles. The molecule has 0 bridgehead atoms. The molecule has 0 aromatic carbocycles. The Hall–Kier alpha value is -0.810. The van der Waals surface area contributed by atoms with E-state index in [0.717, 1.165) is 38.6 Å². The van der Waals surface area contributed by atoms with Crippen LogP contribution in [-0.2, 0) is 4.74 Å². The summed E-state index contributed by atoms with van der Waals surface area (Å²) in [5.41, 5.74) is 0.418. The quantitative estimate of drug-likeness (QED) is 0.479. The van der Waals surface area contributed by atoms with E-state index in [1.54, 1.807) is 7.11 Å². The summed E-state index contributed by atoms with van der Waals surface area (Å²) in [7, 11) is 5.81. The first kappa shape index (κ1) is 19.2. The second-order valence-corrected chi connectivity index (χ2v) is 6.69. The monoisotopic (exact) mass is 312 g/mol. The summed E-state index contributed by atoms with van der Waals surface area (Å²) in [4.78, 5) is 6.72. The molecule has 2 N–H and O–H groups in total. The zero-order valence-electron chi connectivity index (χ0n) is 15.2. The molecule has 0 spiro atoms. The van der Waals surface area contributed by atoms with Gasteiger partial charge in [-0.15, -0.1) is 0 Å². The van der Waals surface area contributed by atoms with Gasteiger partial charge in [0.15, 0.2) is 5.96 Å². The lowest BCUT2D eigenvalue weighted by atomic mass is 9.67. The lowest BCUT2D eigenvalue weighted by molar-refractivity contribution is 0.0732. The number of hydrogen-bond acceptors (Lipinski definition) is 3. The molecular formula is C17H36N4O. The van der Waals surface area contributed by atoms with Gasteiger partial charge < -0.3 is 20.3 Å². The zero-order chi connectivity index (χ0) is 16.4.